The van der Waals surface area contributed by atoms with Crippen LogP contribution in [-0.2, 0) is 10.3 Å². The van der Waals surface area contributed by atoms with Crippen LogP contribution in [0.15, 0.2) is 53.5 Å². The Bertz CT molecular complexity index is 680. The van der Waals surface area contributed by atoms with E-state index in [9.17, 15) is 4.39 Å². The lowest BCUT2D eigenvalue weighted by atomic mass is 9.93. The molecule has 1 atom stereocenters. The van der Waals surface area contributed by atoms with E-state index in [1.807, 2.05) is 55.5 Å². The van der Waals surface area contributed by atoms with Crippen LogP contribution < -0.4 is 0 Å². The fourth-order valence-electron chi connectivity index (χ4n) is 2.45. The summed E-state index contributed by atoms with van der Waals surface area (Å²) >= 11 is 0. The van der Waals surface area contributed by atoms with Crippen molar-refractivity contribution >= 4 is 11.6 Å². The molecule has 0 N–H and O–H groups in total. The van der Waals surface area contributed by atoms with Gasteiger partial charge in [0.2, 0.25) is 5.90 Å². The van der Waals surface area contributed by atoms with Gasteiger partial charge in [0.1, 0.15) is 6.67 Å². The van der Waals surface area contributed by atoms with Gasteiger partial charge in [-0.15, -0.1) is 0 Å². The van der Waals surface area contributed by atoms with Gasteiger partial charge in [0.15, 0.2) is 5.60 Å². The van der Waals surface area contributed by atoms with Crippen LogP contribution in [0.2, 0.25) is 0 Å². The molecule has 1 aliphatic heterocycles. The van der Waals surface area contributed by atoms with Crippen molar-refractivity contribution in [1.82, 2.24) is 0 Å². The molecule has 0 fully saturated rings. The number of hydrogen-bond acceptors (Lipinski definition) is 2. The second-order valence-corrected chi connectivity index (χ2v) is 5.22. The van der Waals surface area contributed by atoms with Crippen molar-refractivity contribution in [3.8, 4) is 0 Å². The summed E-state index contributed by atoms with van der Waals surface area (Å²) in [5, 5.41) is 0. The maximum absolute atomic E-state index is 13.6. The van der Waals surface area contributed by atoms with Gasteiger partial charge in [0, 0.05) is 11.1 Å². The molecular weight excluding hydrogens is 253 g/mol. The molecule has 0 saturated carbocycles. The van der Waals surface area contributed by atoms with E-state index in [0.717, 1.165) is 22.4 Å². The van der Waals surface area contributed by atoms with Crippen LogP contribution in [0.25, 0.3) is 0 Å². The normalized spacial score (nSPS) is 20.9. The molecular formula is C17H16FNO. The number of ether oxygens (including phenoxy) is 1. The van der Waals surface area contributed by atoms with Crippen LogP contribution in [0.3, 0.4) is 0 Å². The average Bonchev–Trinajstić information content (AvgIpc) is 2.48. The number of aliphatic imine (C=N–C) groups is 1. The van der Waals surface area contributed by atoms with Gasteiger partial charge in [0.25, 0.3) is 0 Å². The second-order valence-electron chi connectivity index (χ2n) is 5.22. The molecule has 0 spiro atoms. The Hall–Kier alpha value is -2.16. The minimum atomic E-state index is -0.976. The summed E-state index contributed by atoms with van der Waals surface area (Å²) in [6, 6.07) is 15.4. The number of nitrogens with zero attached hydrogens (tertiary/aromatic N) is 1. The van der Waals surface area contributed by atoms with Crippen molar-refractivity contribution in [2.45, 2.75) is 19.4 Å². The molecule has 2 nitrogen and oxygen atoms in total. The molecule has 0 saturated heterocycles. The summed E-state index contributed by atoms with van der Waals surface area (Å²) in [6.45, 7) is 3.17. The maximum Gasteiger partial charge on any atom is 0.222 e. The smallest absolute Gasteiger partial charge is 0.222 e. The topological polar surface area (TPSA) is 21.6 Å². The Kier molecular flexibility index (Phi) is 3.05. The fraction of sp³-hybridized carbons (Fsp3) is 0.235. The molecule has 0 aromatic heterocycles. The summed E-state index contributed by atoms with van der Waals surface area (Å²) in [5.74, 6) is 0.488. The molecule has 2 aromatic carbocycles. The van der Waals surface area contributed by atoms with Crippen LogP contribution in [0, 0.1) is 6.92 Å². The molecule has 0 amide bonds. The zero-order chi connectivity index (χ0) is 14.2. The van der Waals surface area contributed by atoms with Crippen LogP contribution in [0.1, 0.15) is 23.6 Å². The third kappa shape index (κ3) is 1.99. The molecule has 0 radical (unpaired) electrons. The largest absolute Gasteiger partial charge is 0.463 e. The Morgan fingerprint density at radius 3 is 2.55 bits per heavy atom. The number of aryl methyl sites for hydroxylation is 1. The highest BCUT2D eigenvalue weighted by Gasteiger charge is 2.36. The number of para-hydroxylation sites is 1. The van der Waals surface area contributed by atoms with Gasteiger partial charge in [-0.25, -0.2) is 9.38 Å². The Morgan fingerprint density at radius 1 is 1.10 bits per heavy atom. The maximum atomic E-state index is 13.6. The highest BCUT2D eigenvalue weighted by atomic mass is 19.1. The monoisotopic (exact) mass is 269 g/mol. The summed E-state index contributed by atoms with van der Waals surface area (Å²) < 4.78 is 19.4. The van der Waals surface area contributed by atoms with Gasteiger partial charge in [-0.2, -0.15) is 0 Å². The third-order valence-corrected chi connectivity index (χ3v) is 3.65. The van der Waals surface area contributed by atoms with Crippen molar-refractivity contribution in [1.29, 1.82) is 0 Å². The lowest BCUT2D eigenvalue weighted by Crippen LogP contribution is -2.34. The number of hydrogen-bond donors (Lipinski definition) is 0. The Morgan fingerprint density at radius 2 is 1.80 bits per heavy atom. The first-order chi connectivity index (χ1) is 9.64. The van der Waals surface area contributed by atoms with Crippen molar-refractivity contribution in [3.05, 3.63) is 65.2 Å². The van der Waals surface area contributed by atoms with E-state index in [-0.39, 0.29) is 0 Å². The summed E-state index contributed by atoms with van der Waals surface area (Å²) in [7, 11) is 0. The van der Waals surface area contributed by atoms with Gasteiger partial charge < -0.3 is 4.74 Å². The zero-order valence-corrected chi connectivity index (χ0v) is 11.6. The Labute approximate surface area is 117 Å². The van der Waals surface area contributed by atoms with E-state index in [2.05, 4.69) is 4.99 Å². The summed E-state index contributed by atoms with van der Waals surface area (Å²) in [6.07, 6.45) is 0. The van der Waals surface area contributed by atoms with Crippen molar-refractivity contribution < 1.29 is 9.13 Å². The van der Waals surface area contributed by atoms with Gasteiger partial charge in [-0.3, -0.25) is 0 Å². The number of benzene rings is 2. The first-order valence-corrected chi connectivity index (χ1v) is 6.63. The van der Waals surface area contributed by atoms with Crippen LogP contribution in [-0.4, -0.2) is 12.6 Å². The lowest BCUT2D eigenvalue weighted by Gasteiger charge is -2.33. The van der Waals surface area contributed by atoms with E-state index in [0.29, 0.717) is 5.90 Å². The predicted molar refractivity (Wildman–Crippen MR) is 78.2 cm³/mol. The minimum absolute atomic E-state index is 0.488. The van der Waals surface area contributed by atoms with E-state index >= 15 is 0 Å². The van der Waals surface area contributed by atoms with Crippen LogP contribution >= 0.6 is 0 Å². The molecule has 1 aliphatic rings. The number of rotatable bonds is 2. The van der Waals surface area contributed by atoms with Crippen molar-refractivity contribution in [2.24, 2.45) is 4.99 Å². The standard InChI is InChI=1S/C17H16FNO/c1-12-7-3-4-8-13(12)16-19-15-10-6-5-9-14(15)17(2,11-18)20-16/h3-10H,11H2,1-2H3. The zero-order valence-electron chi connectivity index (χ0n) is 11.6. The fourth-order valence-corrected chi connectivity index (χ4v) is 2.45. The van der Waals surface area contributed by atoms with E-state index in [1.54, 1.807) is 6.92 Å². The van der Waals surface area contributed by atoms with Gasteiger partial charge in [-0.05, 0) is 31.5 Å². The summed E-state index contributed by atoms with van der Waals surface area (Å²) in [4.78, 5) is 4.55. The molecule has 1 unspecified atom stereocenters. The van der Waals surface area contributed by atoms with Gasteiger partial charge in [0.05, 0.1) is 5.69 Å². The van der Waals surface area contributed by atoms with E-state index in [4.69, 9.17) is 4.74 Å². The lowest BCUT2D eigenvalue weighted by molar-refractivity contribution is 0.0421. The molecule has 3 rings (SSSR count). The molecule has 2 aromatic rings. The number of halogens is 1. The molecule has 0 bridgehead atoms. The van der Waals surface area contributed by atoms with Gasteiger partial charge in [-0.1, -0.05) is 36.4 Å². The van der Waals surface area contributed by atoms with Crippen LogP contribution in [0.4, 0.5) is 10.1 Å². The predicted octanol–water partition coefficient (Wildman–Crippen LogP) is 4.29. The molecule has 102 valence electrons. The third-order valence-electron chi connectivity index (χ3n) is 3.65. The molecule has 3 heteroatoms. The van der Waals surface area contributed by atoms with Crippen molar-refractivity contribution in [3.63, 3.8) is 0 Å². The SMILES string of the molecule is Cc1ccccc1C1=Nc2ccccc2C(C)(CF)O1. The van der Waals surface area contributed by atoms with Crippen molar-refractivity contribution in [2.75, 3.05) is 6.67 Å². The summed E-state index contributed by atoms with van der Waals surface area (Å²) in [5.41, 5.74) is 2.56. The molecule has 20 heavy (non-hydrogen) atoms. The molecule has 1 heterocycles. The second kappa shape index (κ2) is 4.75. The van der Waals surface area contributed by atoms with Crippen LogP contribution in [0.5, 0.6) is 0 Å². The van der Waals surface area contributed by atoms with Gasteiger partial charge >= 0.3 is 0 Å². The van der Waals surface area contributed by atoms with E-state index in [1.165, 1.54) is 0 Å². The molecule has 0 aliphatic carbocycles. The minimum Gasteiger partial charge on any atom is -0.463 e. The van der Waals surface area contributed by atoms with E-state index < -0.39 is 12.3 Å². The average molecular weight is 269 g/mol. The Balaban J connectivity index is 2.17. The highest BCUT2D eigenvalue weighted by molar-refractivity contribution is 5.98. The first kappa shape index (κ1) is 12.9. The highest BCUT2D eigenvalue weighted by Crippen LogP contribution is 2.39. The number of fused-ring (bicyclic) bond motifs is 1. The quantitative estimate of drug-likeness (QED) is 0.797. The first-order valence-electron chi connectivity index (χ1n) is 6.63. The number of alkyl halides is 1.